The van der Waals surface area contributed by atoms with Crippen LogP contribution in [0.15, 0.2) is 168 Å². The lowest BCUT2D eigenvalue weighted by Crippen LogP contribution is -2.14. The predicted octanol–water partition coefficient (Wildman–Crippen LogP) is 12.4. The van der Waals surface area contributed by atoms with Crippen LogP contribution in [0.1, 0.15) is 38.7 Å². The fourth-order valence-corrected chi connectivity index (χ4v) is 7.40. The first-order valence-electron chi connectivity index (χ1n) is 21.9. The highest BCUT2D eigenvalue weighted by atomic mass is 16.3. The third-order valence-electron chi connectivity index (χ3n) is 9.92. The largest absolute Gasteiger partial charge is 0.456 e. The number of nitrogens with zero attached hydrogens (tertiary/aromatic N) is 3. The van der Waals surface area contributed by atoms with Crippen molar-refractivity contribution >= 4 is 21.9 Å². The van der Waals surface area contributed by atoms with Gasteiger partial charge in [-0.25, -0.2) is 15.0 Å². The Balaban J connectivity index is 1.12. The summed E-state index contributed by atoms with van der Waals surface area (Å²) in [6.07, 6.45) is 0. The SMILES string of the molecule is [2H]c1c([2H])c([2H])c(-c2nc(-c3cccc(-c4ccc5c(c4)oc4cccc(-c6c([2H])c([2H])c([2H])c([2H])c6[2H])c45)c3)nc(-c3ccc4c(c3)-c3ccccc3C4(C)C)n2)c([2H])c1[2H]. The summed E-state index contributed by atoms with van der Waals surface area (Å²) < 4.78 is 90.8. The van der Waals surface area contributed by atoms with E-state index in [2.05, 4.69) is 32.0 Å². The van der Waals surface area contributed by atoms with E-state index in [9.17, 15) is 0 Å². The molecule has 1 aliphatic rings. The molecule has 0 saturated carbocycles. The van der Waals surface area contributed by atoms with Crippen LogP contribution in [0.4, 0.5) is 0 Å². The standard InChI is InChI=1S/C48H33N3O/c1-48(2)40-21-10-9-19-37(40)39-28-35(24-26-41(39)48)47-50-45(31-15-7-4-8-16-31)49-46(51-47)34-18-11-17-32(27-34)33-23-25-38-43(29-33)52-42-22-12-20-36(44(38)42)30-13-5-3-6-14-30/h3-29H,1-2H3/i3D,4D,5D,6D,7D,8D,13D,14D,15D,16D. The fourth-order valence-electron chi connectivity index (χ4n) is 7.40. The summed E-state index contributed by atoms with van der Waals surface area (Å²) in [5.41, 5.74) is 8.52. The average molecular weight is 678 g/mol. The van der Waals surface area contributed by atoms with Crippen LogP contribution in [0.5, 0.6) is 0 Å². The van der Waals surface area contributed by atoms with E-state index in [1.165, 1.54) is 5.56 Å². The molecule has 0 N–H and O–H groups in total. The molecule has 0 spiro atoms. The minimum Gasteiger partial charge on any atom is -0.456 e. The first-order chi connectivity index (χ1) is 29.6. The molecule has 0 unspecified atom stereocenters. The molecule has 0 bridgehead atoms. The topological polar surface area (TPSA) is 51.8 Å². The fraction of sp³-hybridized carbons (Fsp3) is 0.0625. The summed E-state index contributed by atoms with van der Waals surface area (Å²) in [6.45, 7) is 4.38. The summed E-state index contributed by atoms with van der Waals surface area (Å²) in [6, 6.07) is 28.5. The number of fused-ring (bicyclic) bond motifs is 6. The highest BCUT2D eigenvalue weighted by Crippen LogP contribution is 2.49. The van der Waals surface area contributed by atoms with Crippen LogP contribution < -0.4 is 0 Å². The lowest BCUT2D eigenvalue weighted by molar-refractivity contribution is 0.660. The summed E-state index contributed by atoms with van der Waals surface area (Å²) >= 11 is 0. The van der Waals surface area contributed by atoms with Crippen LogP contribution in [0, 0.1) is 0 Å². The molecule has 7 aromatic carbocycles. The third-order valence-corrected chi connectivity index (χ3v) is 9.92. The first kappa shape index (κ1) is 21.5. The predicted molar refractivity (Wildman–Crippen MR) is 212 cm³/mol. The van der Waals surface area contributed by atoms with Crippen molar-refractivity contribution in [2.24, 2.45) is 0 Å². The zero-order valence-electron chi connectivity index (χ0n) is 38.1. The van der Waals surface area contributed by atoms with Gasteiger partial charge >= 0.3 is 0 Å². The number of hydrogen-bond donors (Lipinski definition) is 0. The van der Waals surface area contributed by atoms with Crippen molar-refractivity contribution in [3.8, 4) is 67.5 Å². The Bertz CT molecular complexity index is 3360. The first-order valence-corrected chi connectivity index (χ1v) is 16.9. The molecule has 2 aromatic heterocycles. The van der Waals surface area contributed by atoms with E-state index in [0.717, 1.165) is 27.8 Å². The van der Waals surface area contributed by atoms with E-state index in [1.807, 2.05) is 66.7 Å². The molecule has 0 radical (unpaired) electrons. The van der Waals surface area contributed by atoms with Crippen LogP contribution >= 0.6 is 0 Å². The smallest absolute Gasteiger partial charge is 0.164 e. The zero-order valence-corrected chi connectivity index (χ0v) is 28.1. The molecule has 0 saturated heterocycles. The summed E-state index contributed by atoms with van der Waals surface area (Å²) in [5, 5.41) is 1.32. The highest BCUT2D eigenvalue weighted by molar-refractivity contribution is 6.13. The Hall–Kier alpha value is -6.65. The van der Waals surface area contributed by atoms with Crippen LogP contribution in [0.25, 0.3) is 89.5 Å². The maximum Gasteiger partial charge on any atom is 0.164 e. The van der Waals surface area contributed by atoms with E-state index in [4.69, 9.17) is 33.1 Å². The molecule has 2 heterocycles. The van der Waals surface area contributed by atoms with E-state index in [0.29, 0.717) is 38.6 Å². The molecule has 9 aromatic rings. The zero-order chi connectivity index (χ0) is 43.5. The van der Waals surface area contributed by atoms with Crippen molar-refractivity contribution < 1.29 is 18.1 Å². The summed E-state index contributed by atoms with van der Waals surface area (Å²) in [4.78, 5) is 14.5. The van der Waals surface area contributed by atoms with Gasteiger partial charge in [0, 0.05) is 32.9 Å². The lowest BCUT2D eigenvalue weighted by Gasteiger charge is -2.21. The van der Waals surface area contributed by atoms with Crippen molar-refractivity contribution in [3.63, 3.8) is 0 Å². The molecule has 1 aliphatic carbocycles. The van der Waals surface area contributed by atoms with Crippen molar-refractivity contribution in [1.29, 1.82) is 0 Å². The van der Waals surface area contributed by atoms with Gasteiger partial charge in [0.05, 0.1) is 13.7 Å². The molecule has 246 valence electrons. The normalized spacial score (nSPS) is 15.7. The van der Waals surface area contributed by atoms with Crippen LogP contribution in [-0.2, 0) is 5.41 Å². The number of furan rings is 1. The molecule has 4 nitrogen and oxygen atoms in total. The van der Waals surface area contributed by atoms with E-state index < -0.39 is 48.3 Å². The van der Waals surface area contributed by atoms with Crippen LogP contribution in [0.2, 0.25) is 0 Å². The van der Waals surface area contributed by atoms with Gasteiger partial charge in [-0.3, -0.25) is 0 Å². The van der Waals surface area contributed by atoms with Gasteiger partial charge in [-0.15, -0.1) is 0 Å². The minimum atomic E-state index is -0.516. The second-order valence-corrected chi connectivity index (χ2v) is 13.3. The maximum atomic E-state index is 8.79. The Morgan fingerprint density at radius 2 is 1.06 bits per heavy atom. The Morgan fingerprint density at radius 1 is 0.462 bits per heavy atom. The molecule has 10 rings (SSSR count). The second kappa shape index (κ2) is 11.7. The molecular weight excluding hydrogens is 635 g/mol. The third kappa shape index (κ3) is 4.87. The molecule has 0 amide bonds. The van der Waals surface area contributed by atoms with Gasteiger partial charge in [-0.05, 0) is 74.8 Å². The van der Waals surface area contributed by atoms with Gasteiger partial charge in [0.2, 0.25) is 0 Å². The van der Waals surface area contributed by atoms with E-state index >= 15 is 0 Å². The Morgan fingerprint density at radius 3 is 1.85 bits per heavy atom. The van der Waals surface area contributed by atoms with Crippen LogP contribution in [0.3, 0.4) is 0 Å². The monoisotopic (exact) mass is 677 g/mol. The minimum absolute atomic E-state index is 0.0627. The number of rotatable bonds is 5. The van der Waals surface area contributed by atoms with E-state index in [1.54, 1.807) is 18.2 Å². The Labute approximate surface area is 316 Å². The molecule has 4 heteroatoms. The summed E-state index contributed by atoms with van der Waals surface area (Å²) in [5.74, 6) is 0.436. The maximum absolute atomic E-state index is 8.79. The number of aromatic nitrogens is 3. The van der Waals surface area contributed by atoms with Crippen molar-refractivity contribution in [2.75, 3.05) is 0 Å². The number of benzene rings is 7. The van der Waals surface area contributed by atoms with E-state index in [-0.39, 0.29) is 46.1 Å². The van der Waals surface area contributed by atoms with Crippen LogP contribution in [-0.4, -0.2) is 15.0 Å². The van der Waals surface area contributed by atoms with Gasteiger partial charge in [-0.1, -0.05) is 147 Å². The highest BCUT2D eigenvalue weighted by Gasteiger charge is 2.35. The molecule has 0 fully saturated rings. The van der Waals surface area contributed by atoms with Gasteiger partial charge in [0.1, 0.15) is 11.2 Å². The van der Waals surface area contributed by atoms with Gasteiger partial charge in [-0.2, -0.15) is 0 Å². The van der Waals surface area contributed by atoms with Crippen molar-refractivity contribution in [1.82, 2.24) is 15.0 Å². The summed E-state index contributed by atoms with van der Waals surface area (Å²) in [7, 11) is 0. The average Bonchev–Trinajstić information content (AvgIpc) is 3.77. The van der Waals surface area contributed by atoms with Gasteiger partial charge in [0.25, 0.3) is 0 Å². The second-order valence-electron chi connectivity index (χ2n) is 13.3. The molecule has 52 heavy (non-hydrogen) atoms. The number of hydrogen-bond acceptors (Lipinski definition) is 4. The molecule has 0 aliphatic heterocycles. The Kier molecular flexibility index (Phi) is 4.85. The van der Waals surface area contributed by atoms with Gasteiger partial charge in [0.15, 0.2) is 17.5 Å². The van der Waals surface area contributed by atoms with Gasteiger partial charge < -0.3 is 4.42 Å². The van der Waals surface area contributed by atoms with Crippen molar-refractivity contribution in [3.05, 3.63) is 175 Å². The van der Waals surface area contributed by atoms with Crippen molar-refractivity contribution in [2.45, 2.75) is 19.3 Å². The quantitative estimate of drug-likeness (QED) is 0.182. The lowest BCUT2D eigenvalue weighted by atomic mass is 9.82. The molecular formula is C48H33N3O. The molecule has 0 atom stereocenters.